The van der Waals surface area contributed by atoms with E-state index in [-0.39, 0.29) is 0 Å². The van der Waals surface area contributed by atoms with E-state index in [1.54, 1.807) is 19.5 Å². The average molecular weight is 300 g/mol. The summed E-state index contributed by atoms with van der Waals surface area (Å²) < 4.78 is 5.19. The Labute approximate surface area is 131 Å². The van der Waals surface area contributed by atoms with Crippen molar-refractivity contribution in [2.24, 2.45) is 11.8 Å². The molecule has 0 aromatic carbocycles. The number of fused-ring (bicyclic) bond motifs is 1. The molecule has 2 aromatic rings. The second kappa shape index (κ2) is 7.01. The number of aromatic nitrogens is 3. The van der Waals surface area contributed by atoms with Gasteiger partial charge in [0.15, 0.2) is 5.65 Å². The van der Waals surface area contributed by atoms with Crippen LogP contribution in [0.5, 0.6) is 0 Å². The van der Waals surface area contributed by atoms with Crippen LogP contribution in [0.2, 0.25) is 0 Å². The first-order valence-corrected chi connectivity index (χ1v) is 8.07. The third-order valence-corrected chi connectivity index (χ3v) is 4.40. The largest absolute Gasteiger partial charge is 0.385 e. The van der Waals surface area contributed by atoms with Gasteiger partial charge in [0.05, 0.1) is 5.69 Å². The van der Waals surface area contributed by atoms with E-state index in [2.05, 4.69) is 32.8 Å². The molecule has 3 heterocycles. The summed E-state index contributed by atoms with van der Waals surface area (Å²) in [5, 5.41) is 0. The molecule has 5 nitrogen and oxygen atoms in total. The van der Waals surface area contributed by atoms with E-state index in [4.69, 9.17) is 4.74 Å². The standard InChI is InChI=1S/C17H24N4O/c1-13-10-14(4-3-9-22-2)12-21(11-13)15-5-6-19-17-16(15)18-7-8-20-17/h5-8,13-14H,3-4,9-12H2,1-2H3/t13-,14+/m0/s1. The first kappa shape index (κ1) is 15.2. The van der Waals surface area contributed by atoms with Crippen LogP contribution in [0, 0.1) is 11.8 Å². The van der Waals surface area contributed by atoms with Crippen molar-refractivity contribution in [3.05, 3.63) is 24.7 Å². The molecule has 22 heavy (non-hydrogen) atoms. The zero-order valence-corrected chi connectivity index (χ0v) is 13.4. The van der Waals surface area contributed by atoms with Crippen molar-refractivity contribution in [2.75, 3.05) is 31.7 Å². The highest BCUT2D eigenvalue weighted by Crippen LogP contribution is 2.31. The first-order valence-electron chi connectivity index (χ1n) is 8.07. The number of hydrogen-bond donors (Lipinski definition) is 0. The summed E-state index contributed by atoms with van der Waals surface area (Å²) in [7, 11) is 1.78. The van der Waals surface area contributed by atoms with Gasteiger partial charge < -0.3 is 9.64 Å². The van der Waals surface area contributed by atoms with Gasteiger partial charge in [-0.25, -0.2) is 15.0 Å². The SMILES string of the molecule is COCCC[C@@H]1C[C@H](C)CN(c2ccnc3nccnc23)C1. The van der Waals surface area contributed by atoms with Crippen LogP contribution in [0.25, 0.3) is 11.2 Å². The maximum absolute atomic E-state index is 5.19. The van der Waals surface area contributed by atoms with Crippen molar-refractivity contribution in [1.82, 2.24) is 15.0 Å². The Morgan fingerprint density at radius 2 is 2.00 bits per heavy atom. The number of methoxy groups -OCH3 is 1. The fourth-order valence-electron chi connectivity index (χ4n) is 3.52. The molecule has 0 bridgehead atoms. The van der Waals surface area contributed by atoms with Gasteiger partial charge in [-0.15, -0.1) is 0 Å². The highest BCUT2D eigenvalue weighted by atomic mass is 16.5. The van der Waals surface area contributed by atoms with Gasteiger partial charge in [0, 0.05) is 45.4 Å². The lowest BCUT2D eigenvalue weighted by Crippen LogP contribution is -2.40. The van der Waals surface area contributed by atoms with Crippen LogP contribution >= 0.6 is 0 Å². The molecule has 1 aliphatic heterocycles. The number of piperidine rings is 1. The Kier molecular flexibility index (Phi) is 4.83. The number of anilines is 1. The van der Waals surface area contributed by atoms with Crippen molar-refractivity contribution in [2.45, 2.75) is 26.2 Å². The number of ether oxygens (including phenoxy) is 1. The summed E-state index contributed by atoms with van der Waals surface area (Å²) in [5.41, 5.74) is 2.81. The molecule has 0 radical (unpaired) electrons. The predicted molar refractivity (Wildman–Crippen MR) is 87.9 cm³/mol. The van der Waals surface area contributed by atoms with Crippen LogP contribution in [-0.4, -0.2) is 41.8 Å². The molecule has 5 heteroatoms. The lowest BCUT2D eigenvalue weighted by molar-refractivity contribution is 0.181. The maximum atomic E-state index is 5.19. The predicted octanol–water partition coefficient (Wildman–Crippen LogP) is 2.91. The Bertz CT molecular complexity index is 613. The Hall–Kier alpha value is -1.75. The lowest BCUT2D eigenvalue weighted by atomic mass is 9.87. The molecule has 2 atom stereocenters. The van der Waals surface area contributed by atoms with Crippen LogP contribution in [-0.2, 0) is 4.74 Å². The molecular formula is C17H24N4O. The maximum Gasteiger partial charge on any atom is 0.180 e. The molecule has 0 saturated carbocycles. The van der Waals surface area contributed by atoms with Gasteiger partial charge in [-0.2, -0.15) is 0 Å². The van der Waals surface area contributed by atoms with Crippen molar-refractivity contribution < 1.29 is 4.74 Å². The van der Waals surface area contributed by atoms with Crippen LogP contribution in [0.1, 0.15) is 26.2 Å². The van der Waals surface area contributed by atoms with Crippen molar-refractivity contribution in [3.8, 4) is 0 Å². The van der Waals surface area contributed by atoms with Crippen LogP contribution in [0.3, 0.4) is 0 Å². The van der Waals surface area contributed by atoms with Gasteiger partial charge in [0.2, 0.25) is 0 Å². The van der Waals surface area contributed by atoms with E-state index in [0.717, 1.165) is 43.2 Å². The Morgan fingerprint density at radius 1 is 1.18 bits per heavy atom. The monoisotopic (exact) mass is 300 g/mol. The van der Waals surface area contributed by atoms with Crippen molar-refractivity contribution in [1.29, 1.82) is 0 Å². The van der Waals surface area contributed by atoms with Gasteiger partial charge in [0.1, 0.15) is 5.52 Å². The van der Waals surface area contributed by atoms with E-state index in [1.165, 1.54) is 18.5 Å². The van der Waals surface area contributed by atoms with E-state index in [9.17, 15) is 0 Å². The molecule has 3 rings (SSSR count). The summed E-state index contributed by atoms with van der Waals surface area (Å²) in [6.07, 6.45) is 8.95. The summed E-state index contributed by atoms with van der Waals surface area (Å²) in [5.74, 6) is 1.42. The molecule has 1 aliphatic rings. The highest BCUT2D eigenvalue weighted by molar-refractivity contribution is 5.85. The normalized spacial score (nSPS) is 22.2. The van der Waals surface area contributed by atoms with Gasteiger partial charge in [0.25, 0.3) is 0 Å². The number of hydrogen-bond acceptors (Lipinski definition) is 5. The smallest absolute Gasteiger partial charge is 0.180 e. The zero-order valence-electron chi connectivity index (χ0n) is 13.4. The van der Waals surface area contributed by atoms with E-state index in [0.29, 0.717) is 5.92 Å². The lowest BCUT2D eigenvalue weighted by Gasteiger charge is -2.38. The molecule has 118 valence electrons. The average Bonchev–Trinajstić information content (AvgIpc) is 2.54. The Morgan fingerprint density at radius 3 is 2.86 bits per heavy atom. The topological polar surface area (TPSA) is 51.1 Å². The van der Waals surface area contributed by atoms with E-state index in [1.807, 2.05) is 6.20 Å². The zero-order chi connectivity index (χ0) is 15.4. The van der Waals surface area contributed by atoms with E-state index < -0.39 is 0 Å². The minimum atomic E-state index is 0.696. The molecule has 0 unspecified atom stereocenters. The minimum Gasteiger partial charge on any atom is -0.385 e. The van der Waals surface area contributed by atoms with Gasteiger partial charge in [-0.3, -0.25) is 0 Å². The minimum absolute atomic E-state index is 0.696. The third-order valence-electron chi connectivity index (χ3n) is 4.40. The van der Waals surface area contributed by atoms with Gasteiger partial charge >= 0.3 is 0 Å². The van der Waals surface area contributed by atoms with Gasteiger partial charge in [-0.1, -0.05) is 6.92 Å². The Balaban J connectivity index is 1.80. The number of nitrogens with zero attached hydrogens (tertiary/aromatic N) is 4. The van der Waals surface area contributed by atoms with Gasteiger partial charge in [-0.05, 0) is 37.2 Å². The highest BCUT2D eigenvalue weighted by Gasteiger charge is 2.26. The summed E-state index contributed by atoms with van der Waals surface area (Å²) in [6, 6.07) is 2.07. The molecule has 0 spiro atoms. The second-order valence-corrected chi connectivity index (χ2v) is 6.31. The second-order valence-electron chi connectivity index (χ2n) is 6.31. The first-order chi connectivity index (χ1) is 10.8. The van der Waals surface area contributed by atoms with Crippen molar-refractivity contribution in [3.63, 3.8) is 0 Å². The fraction of sp³-hybridized carbons (Fsp3) is 0.588. The molecule has 1 saturated heterocycles. The molecule has 2 aromatic heterocycles. The van der Waals surface area contributed by atoms with Crippen molar-refractivity contribution >= 4 is 16.9 Å². The number of pyridine rings is 1. The molecule has 0 aliphatic carbocycles. The molecule has 0 amide bonds. The quantitative estimate of drug-likeness (QED) is 0.795. The summed E-state index contributed by atoms with van der Waals surface area (Å²) in [4.78, 5) is 15.6. The fourth-order valence-corrected chi connectivity index (χ4v) is 3.52. The van der Waals surface area contributed by atoms with Crippen LogP contribution < -0.4 is 4.90 Å². The number of rotatable bonds is 5. The molecular weight excluding hydrogens is 276 g/mol. The summed E-state index contributed by atoms with van der Waals surface area (Å²) >= 11 is 0. The van der Waals surface area contributed by atoms with Crippen LogP contribution in [0.15, 0.2) is 24.7 Å². The van der Waals surface area contributed by atoms with E-state index >= 15 is 0 Å². The molecule has 0 N–H and O–H groups in total. The molecule has 1 fully saturated rings. The van der Waals surface area contributed by atoms with Crippen LogP contribution in [0.4, 0.5) is 5.69 Å². The third kappa shape index (κ3) is 3.35. The summed E-state index contributed by atoms with van der Waals surface area (Å²) in [6.45, 7) is 5.36.